The molecule has 6 heteroatoms. The number of aliphatic hydroxyl groups excluding tert-OH is 1. The molecule has 1 N–H and O–H groups in total. The summed E-state index contributed by atoms with van der Waals surface area (Å²) in [6.45, 7) is 4.28. The van der Waals surface area contributed by atoms with E-state index >= 15 is 0 Å². The van der Waals surface area contributed by atoms with E-state index in [9.17, 15) is 9.90 Å². The molecule has 0 spiro atoms. The number of hydrogen-bond donors (Lipinski definition) is 1. The number of allylic oxidation sites excluding steroid dienone is 2. The maximum atomic E-state index is 12.5. The third-order valence-corrected chi connectivity index (χ3v) is 3.67. The molecule has 24 heavy (non-hydrogen) atoms. The lowest BCUT2D eigenvalue weighted by molar-refractivity contribution is -0.116. The van der Waals surface area contributed by atoms with Crippen molar-refractivity contribution in [3.05, 3.63) is 41.4 Å². The molecule has 132 valence electrons. The molecule has 1 heterocycles. The smallest absolute Gasteiger partial charge is 0.168 e. The van der Waals surface area contributed by atoms with Crippen LogP contribution in [0.25, 0.3) is 0 Å². The van der Waals surface area contributed by atoms with Crippen LogP contribution in [0.1, 0.15) is 51.0 Å². The molecule has 1 atom stereocenters. The van der Waals surface area contributed by atoms with Gasteiger partial charge in [-0.2, -0.15) is 0 Å². The zero-order chi connectivity index (χ0) is 17.9. The van der Waals surface area contributed by atoms with Gasteiger partial charge < -0.3 is 9.94 Å². The Bertz CT molecular complexity index is 585. The highest BCUT2D eigenvalue weighted by Crippen LogP contribution is 2.34. The topological polar surface area (TPSA) is 71.8 Å². The van der Waals surface area contributed by atoms with Gasteiger partial charge in [-0.3, -0.25) is 9.78 Å². The number of alkyl halides is 1. The Hall–Kier alpha value is -1.44. The van der Waals surface area contributed by atoms with Gasteiger partial charge in [-0.05, 0) is 35.8 Å². The van der Waals surface area contributed by atoms with E-state index < -0.39 is 0 Å². The van der Waals surface area contributed by atoms with Crippen LogP contribution in [0, 0.1) is 0 Å². The molecule has 1 aliphatic rings. The van der Waals surface area contributed by atoms with Crippen LogP contribution in [0.15, 0.2) is 41.0 Å². The summed E-state index contributed by atoms with van der Waals surface area (Å²) >= 11 is 2.15. The van der Waals surface area contributed by atoms with Gasteiger partial charge in [0.2, 0.25) is 0 Å². The fourth-order valence-corrected chi connectivity index (χ4v) is 2.67. The summed E-state index contributed by atoms with van der Waals surface area (Å²) in [6.07, 6.45) is 5.69. The molecule has 0 bridgehead atoms. The van der Waals surface area contributed by atoms with Crippen molar-refractivity contribution in [3.8, 4) is 0 Å². The Morgan fingerprint density at radius 1 is 1.42 bits per heavy atom. The van der Waals surface area contributed by atoms with Crippen LogP contribution in [0.3, 0.4) is 0 Å². The molecular weight excluding hydrogens is 419 g/mol. The largest absolute Gasteiger partial charge is 0.511 e. The Balaban J connectivity index is 0.00000139. The minimum atomic E-state index is -0.0792. The predicted molar refractivity (Wildman–Crippen MR) is 105 cm³/mol. The summed E-state index contributed by atoms with van der Waals surface area (Å²) in [7, 11) is 0. The number of rotatable bonds is 6. The third kappa shape index (κ3) is 5.58. The summed E-state index contributed by atoms with van der Waals surface area (Å²) < 4.78 is 0. The molecule has 0 radical (unpaired) electrons. The van der Waals surface area contributed by atoms with E-state index in [0.717, 1.165) is 12.0 Å². The van der Waals surface area contributed by atoms with Crippen LogP contribution in [-0.4, -0.2) is 33.1 Å². The lowest BCUT2D eigenvalue weighted by atomic mass is 9.81. The van der Waals surface area contributed by atoms with Crippen molar-refractivity contribution in [2.24, 2.45) is 5.16 Å². The first-order valence-corrected chi connectivity index (χ1v) is 10.2. The van der Waals surface area contributed by atoms with Gasteiger partial charge in [0, 0.05) is 25.2 Å². The standard InChI is InChI=1S/C17H22N2O3.CH3I/c1-3-6-14(19-22-4-2)17-15(20)9-13(10-16(17)21)12-7-5-8-18-11-12;1-2/h5,7-8,11,13,20H,3-4,6,9-10H2,1-2H3;1H3/b19-14+;. The zero-order valence-corrected chi connectivity index (χ0v) is 16.6. The van der Waals surface area contributed by atoms with Gasteiger partial charge in [0.15, 0.2) is 5.78 Å². The fourth-order valence-electron chi connectivity index (χ4n) is 2.67. The van der Waals surface area contributed by atoms with E-state index in [1.54, 1.807) is 12.4 Å². The van der Waals surface area contributed by atoms with Crippen molar-refractivity contribution in [3.63, 3.8) is 0 Å². The van der Waals surface area contributed by atoms with Crippen LogP contribution in [0.2, 0.25) is 0 Å². The minimum absolute atomic E-state index is 0.0279. The normalized spacial score (nSPS) is 18.1. The summed E-state index contributed by atoms with van der Waals surface area (Å²) in [5.74, 6) is 0.00133. The Labute approximate surface area is 157 Å². The molecule has 5 nitrogen and oxygen atoms in total. The van der Waals surface area contributed by atoms with E-state index in [1.807, 2.05) is 30.9 Å². The van der Waals surface area contributed by atoms with Crippen molar-refractivity contribution in [2.45, 2.75) is 45.4 Å². The van der Waals surface area contributed by atoms with Crippen molar-refractivity contribution < 1.29 is 14.7 Å². The first-order valence-electron chi connectivity index (χ1n) is 8.09. The third-order valence-electron chi connectivity index (χ3n) is 3.67. The average Bonchev–Trinajstić information content (AvgIpc) is 2.61. The number of carbonyl (C=O) groups excluding carboxylic acids is 1. The van der Waals surface area contributed by atoms with Crippen molar-refractivity contribution in [1.82, 2.24) is 4.98 Å². The molecule has 1 aromatic heterocycles. The van der Waals surface area contributed by atoms with Gasteiger partial charge in [0.05, 0.1) is 11.3 Å². The number of hydrogen-bond acceptors (Lipinski definition) is 5. The van der Waals surface area contributed by atoms with Crippen LogP contribution >= 0.6 is 22.6 Å². The molecule has 2 rings (SSSR count). The predicted octanol–water partition coefficient (Wildman–Crippen LogP) is 4.58. The molecule has 0 fully saturated rings. The van der Waals surface area contributed by atoms with Crippen molar-refractivity contribution in [1.29, 1.82) is 0 Å². The van der Waals surface area contributed by atoms with Crippen LogP contribution in [0.4, 0.5) is 0 Å². The first kappa shape index (κ1) is 20.6. The van der Waals surface area contributed by atoms with Crippen LogP contribution < -0.4 is 0 Å². The quantitative estimate of drug-likeness (QED) is 0.302. The van der Waals surface area contributed by atoms with Crippen LogP contribution in [-0.2, 0) is 9.63 Å². The number of aromatic nitrogens is 1. The van der Waals surface area contributed by atoms with Gasteiger partial charge in [0.25, 0.3) is 0 Å². The molecule has 1 aliphatic carbocycles. The van der Waals surface area contributed by atoms with Gasteiger partial charge in [-0.1, -0.05) is 47.2 Å². The molecule has 0 saturated heterocycles. The lowest BCUT2D eigenvalue weighted by Crippen LogP contribution is -2.24. The first-order chi connectivity index (χ1) is 11.7. The summed E-state index contributed by atoms with van der Waals surface area (Å²) in [4.78, 5) is 23.6. The molecule has 0 saturated carbocycles. The average molecular weight is 444 g/mol. The molecule has 1 unspecified atom stereocenters. The van der Waals surface area contributed by atoms with Gasteiger partial charge in [0.1, 0.15) is 12.4 Å². The SMILES string of the molecule is CCC/C(=N\OCC)C1=C(O)CC(c2cccnc2)CC1=O.CI. The highest BCUT2D eigenvalue weighted by Gasteiger charge is 2.31. The Morgan fingerprint density at radius 2 is 2.17 bits per heavy atom. The second-order valence-corrected chi connectivity index (χ2v) is 5.34. The Kier molecular flexibility index (Phi) is 9.59. The monoisotopic (exact) mass is 444 g/mol. The second-order valence-electron chi connectivity index (χ2n) is 5.34. The molecule has 0 aromatic carbocycles. The van der Waals surface area contributed by atoms with Gasteiger partial charge in [-0.25, -0.2) is 0 Å². The minimum Gasteiger partial charge on any atom is -0.511 e. The van der Waals surface area contributed by atoms with Gasteiger partial charge >= 0.3 is 0 Å². The number of pyridine rings is 1. The Morgan fingerprint density at radius 3 is 2.71 bits per heavy atom. The second kappa shape index (κ2) is 11.2. The molecule has 1 aromatic rings. The summed E-state index contributed by atoms with van der Waals surface area (Å²) in [5.41, 5.74) is 1.87. The maximum Gasteiger partial charge on any atom is 0.168 e. The molecule has 0 amide bonds. The van der Waals surface area contributed by atoms with Crippen molar-refractivity contribution >= 4 is 34.1 Å². The van der Waals surface area contributed by atoms with E-state index in [1.165, 1.54) is 0 Å². The highest BCUT2D eigenvalue weighted by atomic mass is 127. The van der Waals surface area contributed by atoms with E-state index in [0.29, 0.717) is 37.2 Å². The van der Waals surface area contributed by atoms with Crippen LogP contribution in [0.5, 0.6) is 0 Å². The summed E-state index contributed by atoms with van der Waals surface area (Å²) in [6, 6.07) is 3.78. The van der Waals surface area contributed by atoms with E-state index in [4.69, 9.17) is 4.84 Å². The number of nitrogens with zero attached hydrogens (tertiary/aromatic N) is 2. The number of aliphatic hydroxyl groups is 1. The zero-order valence-electron chi connectivity index (χ0n) is 14.5. The maximum absolute atomic E-state index is 12.5. The summed E-state index contributed by atoms with van der Waals surface area (Å²) in [5, 5.41) is 14.4. The van der Waals surface area contributed by atoms with Gasteiger partial charge in [-0.15, -0.1) is 0 Å². The number of Topliss-reactive ketones (excluding diaryl/α,β-unsaturated/α-hetero) is 1. The number of halogens is 1. The molecular formula is C18H25IN2O3. The fraction of sp³-hybridized carbons (Fsp3) is 0.500. The highest BCUT2D eigenvalue weighted by molar-refractivity contribution is 14.1. The number of oxime groups is 1. The van der Waals surface area contributed by atoms with Crippen molar-refractivity contribution in [2.75, 3.05) is 11.5 Å². The number of ketones is 1. The lowest BCUT2D eigenvalue weighted by Gasteiger charge is -2.24. The van der Waals surface area contributed by atoms with E-state index in [2.05, 4.69) is 32.7 Å². The van der Waals surface area contributed by atoms with E-state index in [-0.39, 0.29) is 17.5 Å². The number of carbonyl (C=O) groups is 1. The molecule has 0 aliphatic heterocycles.